The predicted octanol–water partition coefficient (Wildman–Crippen LogP) is 3.77. The van der Waals surface area contributed by atoms with E-state index in [9.17, 15) is 23.5 Å². The zero-order valence-electron chi connectivity index (χ0n) is 15.0. The number of hydrogen-bond acceptors (Lipinski definition) is 4. The SMILES string of the molecule is CCC(C(=O)O)n1c(=NC(=O)c2ccc(OC)cc2)sc2c(F)c(F)ccc21. The Labute approximate surface area is 162 Å². The maximum Gasteiger partial charge on any atom is 0.326 e. The molecule has 146 valence electrons. The summed E-state index contributed by atoms with van der Waals surface area (Å²) in [6, 6.07) is 7.32. The number of aromatic nitrogens is 1. The highest BCUT2D eigenvalue weighted by molar-refractivity contribution is 7.16. The summed E-state index contributed by atoms with van der Waals surface area (Å²) in [6.07, 6.45) is 0.171. The number of hydrogen-bond donors (Lipinski definition) is 1. The van der Waals surface area contributed by atoms with E-state index >= 15 is 0 Å². The minimum Gasteiger partial charge on any atom is -0.497 e. The van der Waals surface area contributed by atoms with E-state index in [1.54, 1.807) is 19.1 Å². The summed E-state index contributed by atoms with van der Waals surface area (Å²) in [4.78, 5) is 28.2. The number of thiazole rings is 1. The number of carbonyl (C=O) groups is 2. The van der Waals surface area contributed by atoms with Crippen LogP contribution in [0.5, 0.6) is 5.75 Å². The van der Waals surface area contributed by atoms with E-state index in [-0.39, 0.29) is 27.0 Å². The molecule has 1 N–H and O–H groups in total. The zero-order valence-corrected chi connectivity index (χ0v) is 15.8. The second-order valence-electron chi connectivity index (χ2n) is 5.87. The van der Waals surface area contributed by atoms with Crippen molar-refractivity contribution < 1.29 is 28.2 Å². The fourth-order valence-corrected chi connectivity index (χ4v) is 3.88. The zero-order chi connectivity index (χ0) is 20.4. The quantitative estimate of drug-likeness (QED) is 0.700. The van der Waals surface area contributed by atoms with Crippen LogP contribution in [0.3, 0.4) is 0 Å². The van der Waals surface area contributed by atoms with E-state index in [2.05, 4.69) is 4.99 Å². The minimum absolute atomic E-state index is 0.0189. The van der Waals surface area contributed by atoms with Crippen molar-refractivity contribution >= 4 is 33.4 Å². The largest absolute Gasteiger partial charge is 0.497 e. The van der Waals surface area contributed by atoms with Gasteiger partial charge in [-0.05, 0) is 42.8 Å². The Hall–Kier alpha value is -3.07. The topological polar surface area (TPSA) is 80.9 Å². The van der Waals surface area contributed by atoms with E-state index in [1.165, 1.54) is 29.9 Å². The molecule has 0 saturated heterocycles. The van der Waals surface area contributed by atoms with Gasteiger partial charge in [0.25, 0.3) is 5.91 Å². The van der Waals surface area contributed by atoms with Gasteiger partial charge in [-0.3, -0.25) is 4.79 Å². The highest BCUT2D eigenvalue weighted by Crippen LogP contribution is 2.27. The number of methoxy groups -OCH3 is 1. The van der Waals surface area contributed by atoms with Crippen LogP contribution in [-0.4, -0.2) is 28.7 Å². The number of ether oxygens (including phenoxy) is 1. The standard InChI is InChI=1S/C19H16F2N2O4S/c1-3-13(18(25)26)23-14-9-8-12(20)15(21)16(14)28-19(23)22-17(24)10-4-6-11(27-2)7-5-10/h4-9,13H,3H2,1-2H3,(H,25,26). The van der Waals surface area contributed by atoms with E-state index < -0.39 is 29.6 Å². The Morgan fingerprint density at radius 1 is 1.21 bits per heavy atom. The Morgan fingerprint density at radius 3 is 2.46 bits per heavy atom. The normalized spacial score (nSPS) is 12.9. The van der Waals surface area contributed by atoms with Gasteiger partial charge in [-0.25, -0.2) is 13.6 Å². The second-order valence-corrected chi connectivity index (χ2v) is 6.85. The van der Waals surface area contributed by atoms with Crippen LogP contribution in [0.15, 0.2) is 41.4 Å². The molecule has 0 radical (unpaired) electrons. The van der Waals surface area contributed by atoms with Crippen molar-refractivity contribution in [3.05, 3.63) is 58.4 Å². The molecule has 28 heavy (non-hydrogen) atoms. The molecule has 0 fully saturated rings. The number of carboxylic acid groups (broad SMARTS) is 1. The lowest BCUT2D eigenvalue weighted by molar-refractivity contribution is -0.140. The van der Waals surface area contributed by atoms with Gasteiger partial charge in [0.1, 0.15) is 11.8 Å². The molecule has 0 spiro atoms. The third-order valence-electron chi connectivity index (χ3n) is 4.21. The molecule has 1 unspecified atom stereocenters. The highest BCUT2D eigenvalue weighted by Gasteiger charge is 2.24. The molecule has 3 rings (SSSR count). The van der Waals surface area contributed by atoms with Crippen molar-refractivity contribution in [2.75, 3.05) is 7.11 Å². The summed E-state index contributed by atoms with van der Waals surface area (Å²) < 4.78 is 34.1. The van der Waals surface area contributed by atoms with Crippen molar-refractivity contribution in [2.24, 2.45) is 4.99 Å². The van der Waals surface area contributed by atoms with Crippen LogP contribution < -0.4 is 9.54 Å². The first-order valence-electron chi connectivity index (χ1n) is 8.32. The van der Waals surface area contributed by atoms with E-state index in [0.717, 1.165) is 17.4 Å². The number of aliphatic carboxylic acids is 1. The van der Waals surface area contributed by atoms with Crippen LogP contribution in [0, 0.1) is 11.6 Å². The lowest BCUT2D eigenvalue weighted by Crippen LogP contribution is -2.27. The van der Waals surface area contributed by atoms with Gasteiger partial charge in [0, 0.05) is 5.56 Å². The van der Waals surface area contributed by atoms with Gasteiger partial charge < -0.3 is 14.4 Å². The molecule has 0 aliphatic carbocycles. The number of nitrogens with zero attached hydrogens (tertiary/aromatic N) is 2. The average Bonchev–Trinajstić information content (AvgIpc) is 3.04. The Morgan fingerprint density at radius 2 is 1.89 bits per heavy atom. The molecule has 3 aromatic rings. The van der Waals surface area contributed by atoms with Crippen molar-refractivity contribution in [1.29, 1.82) is 0 Å². The number of benzene rings is 2. The van der Waals surface area contributed by atoms with Crippen molar-refractivity contribution in [2.45, 2.75) is 19.4 Å². The lowest BCUT2D eigenvalue weighted by Gasteiger charge is -2.13. The van der Waals surface area contributed by atoms with Crippen LogP contribution in [0.4, 0.5) is 8.78 Å². The number of fused-ring (bicyclic) bond motifs is 1. The number of amides is 1. The maximum absolute atomic E-state index is 14.2. The van der Waals surface area contributed by atoms with Gasteiger partial charge in [0.15, 0.2) is 16.4 Å². The predicted molar refractivity (Wildman–Crippen MR) is 99.6 cm³/mol. The third kappa shape index (κ3) is 3.53. The average molecular weight is 406 g/mol. The van der Waals surface area contributed by atoms with E-state index in [0.29, 0.717) is 5.75 Å². The summed E-state index contributed by atoms with van der Waals surface area (Å²) in [5.74, 6) is -3.40. The van der Waals surface area contributed by atoms with Gasteiger partial charge in [0.2, 0.25) is 0 Å². The first kappa shape index (κ1) is 19.7. The Balaban J connectivity index is 2.23. The summed E-state index contributed by atoms with van der Waals surface area (Å²) in [5, 5.41) is 9.54. The molecule has 0 saturated carbocycles. The molecular formula is C19H16F2N2O4S. The molecule has 1 atom stereocenters. The first-order valence-corrected chi connectivity index (χ1v) is 9.14. The fraction of sp³-hybridized carbons (Fsp3) is 0.211. The van der Waals surface area contributed by atoms with E-state index in [1.807, 2.05) is 0 Å². The summed E-state index contributed by atoms with van der Waals surface area (Å²) in [5.41, 5.74) is 0.416. The van der Waals surface area contributed by atoms with Crippen LogP contribution >= 0.6 is 11.3 Å². The van der Waals surface area contributed by atoms with Gasteiger partial charge in [0.05, 0.1) is 17.3 Å². The van der Waals surface area contributed by atoms with Crippen LogP contribution in [0.25, 0.3) is 10.2 Å². The van der Waals surface area contributed by atoms with Crippen molar-refractivity contribution in [3.63, 3.8) is 0 Å². The van der Waals surface area contributed by atoms with Gasteiger partial charge in [-0.15, -0.1) is 0 Å². The molecule has 0 aliphatic heterocycles. The molecule has 0 aliphatic rings. The lowest BCUT2D eigenvalue weighted by atomic mass is 10.2. The van der Waals surface area contributed by atoms with Crippen LogP contribution in [0.1, 0.15) is 29.7 Å². The molecule has 1 aromatic heterocycles. The highest BCUT2D eigenvalue weighted by atomic mass is 32.1. The molecule has 0 bridgehead atoms. The van der Waals surface area contributed by atoms with Gasteiger partial charge in [-0.1, -0.05) is 18.3 Å². The van der Waals surface area contributed by atoms with Crippen molar-refractivity contribution in [1.82, 2.24) is 4.57 Å². The molecule has 2 aromatic carbocycles. The summed E-state index contributed by atoms with van der Waals surface area (Å²) in [7, 11) is 1.49. The van der Waals surface area contributed by atoms with Gasteiger partial charge >= 0.3 is 5.97 Å². The summed E-state index contributed by atoms with van der Waals surface area (Å²) >= 11 is 0.729. The number of carbonyl (C=O) groups excluding carboxylic acids is 1. The maximum atomic E-state index is 14.2. The number of halogens is 2. The smallest absolute Gasteiger partial charge is 0.326 e. The molecule has 6 nitrogen and oxygen atoms in total. The Bertz CT molecular complexity index is 1120. The molecule has 1 amide bonds. The second kappa shape index (κ2) is 7.89. The van der Waals surface area contributed by atoms with E-state index in [4.69, 9.17) is 4.74 Å². The molecule has 1 heterocycles. The molecular weight excluding hydrogens is 390 g/mol. The van der Waals surface area contributed by atoms with Crippen molar-refractivity contribution in [3.8, 4) is 5.75 Å². The van der Waals surface area contributed by atoms with Crippen LogP contribution in [-0.2, 0) is 4.79 Å². The van der Waals surface area contributed by atoms with Gasteiger partial charge in [-0.2, -0.15) is 4.99 Å². The number of carboxylic acids is 1. The summed E-state index contributed by atoms with van der Waals surface area (Å²) in [6.45, 7) is 1.64. The Kier molecular flexibility index (Phi) is 5.55. The van der Waals surface area contributed by atoms with Crippen LogP contribution in [0.2, 0.25) is 0 Å². The molecule has 9 heteroatoms. The number of rotatable bonds is 5. The first-order chi connectivity index (χ1) is 13.4. The third-order valence-corrected chi connectivity index (χ3v) is 5.27. The minimum atomic E-state index is -1.16. The monoisotopic (exact) mass is 406 g/mol. The fourth-order valence-electron chi connectivity index (χ4n) is 2.78.